The van der Waals surface area contributed by atoms with Crippen LogP contribution in [-0.4, -0.2) is 27.1 Å². The van der Waals surface area contributed by atoms with Crippen LogP contribution in [0, 0.1) is 0 Å². The maximum absolute atomic E-state index is 11.7. The number of carbonyl (C=O) groups is 2. The van der Waals surface area contributed by atoms with Crippen molar-refractivity contribution in [1.82, 2.24) is 4.98 Å². The number of fused-ring (bicyclic) bond motifs is 1. The van der Waals surface area contributed by atoms with Gasteiger partial charge < -0.3 is 15.2 Å². The molecule has 0 saturated heterocycles. The Hall–Kier alpha value is -2.63. The summed E-state index contributed by atoms with van der Waals surface area (Å²) in [6.07, 6.45) is -0.286. The zero-order valence-electron chi connectivity index (χ0n) is 9.14. The highest BCUT2D eigenvalue weighted by molar-refractivity contribution is 5.93. The fourth-order valence-corrected chi connectivity index (χ4v) is 1.69. The molecule has 0 radical (unpaired) electrons. The van der Waals surface area contributed by atoms with Crippen molar-refractivity contribution in [2.75, 3.05) is 0 Å². The van der Waals surface area contributed by atoms with E-state index in [1.54, 1.807) is 0 Å². The van der Waals surface area contributed by atoms with Crippen molar-refractivity contribution >= 4 is 22.8 Å². The summed E-state index contributed by atoms with van der Waals surface area (Å²) < 4.78 is 0. The highest BCUT2D eigenvalue weighted by Gasteiger charge is 2.08. The van der Waals surface area contributed by atoms with E-state index < -0.39 is 17.4 Å². The first-order valence-electron chi connectivity index (χ1n) is 5.08. The molecule has 0 aliphatic carbocycles. The summed E-state index contributed by atoms with van der Waals surface area (Å²) >= 11 is 0. The topological polar surface area (TPSA) is 107 Å². The van der Waals surface area contributed by atoms with Crippen LogP contribution in [0.4, 0.5) is 0 Å². The lowest BCUT2D eigenvalue weighted by Crippen LogP contribution is -2.10. The van der Waals surface area contributed by atoms with E-state index >= 15 is 0 Å². The van der Waals surface area contributed by atoms with Gasteiger partial charge in [0.05, 0.1) is 12.0 Å². The van der Waals surface area contributed by atoms with Crippen molar-refractivity contribution < 1.29 is 19.8 Å². The molecule has 0 amide bonds. The number of aromatic amines is 1. The number of rotatable bonds is 3. The average molecular weight is 247 g/mol. The first-order valence-corrected chi connectivity index (χ1v) is 5.08. The number of aromatic carboxylic acids is 1. The van der Waals surface area contributed by atoms with Crippen molar-refractivity contribution in [2.24, 2.45) is 0 Å². The molecule has 18 heavy (non-hydrogen) atoms. The van der Waals surface area contributed by atoms with Crippen molar-refractivity contribution in [3.8, 4) is 0 Å². The van der Waals surface area contributed by atoms with Gasteiger partial charge in [-0.2, -0.15) is 0 Å². The molecule has 1 heterocycles. The SMILES string of the molecule is O=C(O)Cc1cc(=O)c2cc(C(=O)O)ccc2[nH]1. The van der Waals surface area contributed by atoms with Gasteiger partial charge in [-0.3, -0.25) is 9.59 Å². The number of aromatic nitrogens is 1. The van der Waals surface area contributed by atoms with Gasteiger partial charge in [0, 0.05) is 22.7 Å². The summed E-state index contributed by atoms with van der Waals surface area (Å²) in [5.74, 6) is -2.17. The predicted molar refractivity (Wildman–Crippen MR) is 62.9 cm³/mol. The van der Waals surface area contributed by atoms with Crippen LogP contribution in [0.25, 0.3) is 10.9 Å². The number of aliphatic carboxylic acids is 1. The normalized spacial score (nSPS) is 10.4. The second-order valence-electron chi connectivity index (χ2n) is 3.79. The minimum Gasteiger partial charge on any atom is -0.481 e. The van der Waals surface area contributed by atoms with Gasteiger partial charge in [-0.1, -0.05) is 0 Å². The zero-order chi connectivity index (χ0) is 13.3. The van der Waals surface area contributed by atoms with Crippen LogP contribution >= 0.6 is 0 Å². The number of carboxylic acids is 2. The third-order valence-corrected chi connectivity index (χ3v) is 2.47. The van der Waals surface area contributed by atoms with Crippen molar-refractivity contribution in [3.05, 3.63) is 45.7 Å². The van der Waals surface area contributed by atoms with Gasteiger partial charge in [0.1, 0.15) is 0 Å². The quantitative estimate of drug-likeness (QED) is 0.745. The van der Waals surface area contributed by atoms with Crippen molar-refractivity contribution in [2.45, 2.75) is 6.42 Å². The van der Waals surface area contributed by atoms with E-state index in [4.69, 9.17) is 10.2 Å². The number of hydrogen-bond acceptors (Lipinski definition) is 3. The highest BCUT2D eigenvalue weighted by atomic mass is 16.4. The molecule has 92 valence electrons. The zero-order valence-corrected chi connectivity index (χ0v) is 9.14. The Morgan fingerprint density at radius 1 is 1.17 bits per heavy atom. The third kappa shape index (κ3) is 2.22. The summed E-state index contributed by atoms with van der Waals surface area (Å²) in [7, 11) is 0. The molecule has 0 saturated carbocycles. The number of carboxylic acid groups (broad SMARTS) is 2. The summed E-state index contributed by atoms with van der Waals surface area (Å²) in [6.45, 7) is 0. The fourth-order valence-electron chi connectivity index (χ4n) is 1.69. The van der Waals surface area contributed by atoms with Crippen molar-refractivity contribution in [3.63, 3.8) is 0 Å². The van der Waals surface area contributed by atoms with E-state index in [9.17, 15) is 14.4 Å². The molecule has 0 fully saturated rings. The van der Waals surface area contributed by atoms with Gasteiger partial charge in [0.2, 0.25) is 0 Å². The number of pyridine rings is 1. The van der Waals surface area contributed by atoms with Crippen LogP contribution in [0.5, 0.6) is 0 Å². The molecular weight excluding hydrogens is 238 g/mol. The van der Waals surface area contributed by atoms with E-state index in [1.807, 2.05) is 0 Å². The van der Waals surface area contributed by atoms with Gasteiger partial charge in [-0.25, -0.2) is 4.79 Å². The van der Waals surface area contributed by atoms with E-state index in [2.05, 4.69) is 4.98 Å². The molecule has 0 bridgehead atoms. The summed E-state index contributed by atoms with van der Waals surface area (Å²) in [5, 5.41) is 17.7. The van der Waals surface area contributed by atoms with Gasteiger partial charge in [-0.05, 0) is 18.2 Å². The highest BCUT2D eigenvalue weighted by Crippen LogP contribution is 2.11. The Morgan fingerprint density at radius 3 is 2.50 bits per heavy atom. The van der Waals surface area contributed by atoms with Gasteiger partial charge in [0.25, 0.3) is 0 Å². The molecule has 1 aromatic carbocycles. The predicted octanol–water partition coefficient (Wildman–Crippen LogP) is 0.853. The second kappa shape index (κ2) is 4.33. The minimum absolute atomic E-state index is 0.0129. The van der Waals surface area contributed by atoms with E-state index in [0.717, 1.165) is 0 Å². The Bertz CT molecular complexity index is 701. The molecule has 1 aromatic heterocycles. The van der Waals surface area contributed by atoms with E-state index in [1.165, 1.54) is 24.3 Å². The first-order chi connectivity index (χ1) is 8.47. The second-order valence-corrected chi connectivity index (χ2v) is 3.79. The number of benzene rings is 1. The molecule has 0 aliphatic heterocycles. The van der Waals surface area contributed by atoms with Gasteiger partial charge in [0.15, 0.2) is 5.43 Å². The van der Waals surface area contributed by atoms with Crippen molar-refractivity contribution in [1.29, 1.82) is 0 Å². The number of nitrogens with one attached hydrogen (secondary N) is 1. The number of H-pyrrole nitrogens is 1. The average Bonchev–Trinajstić information content (AvgIpc) is 2.27. The van der Waals surface area contributed by atoms with Crippen LogP contribution in [0.15, 0.2) is 29.1 Å². The van der Waals surface area contributed by atoms with Crippen LogP contribution in [0.3, 0.4) is 0 Å². The van der Waals surface area contributed by atoms with Crippen LogP contribution in [0.2, 0.25) is 0 Å². The number of hydrogen-bond donors (Lipinski definition) is 3. The molecule has 0 aliphatic rings. The molecule has 0 unspecified atom stereocenters. The molecule has 2 rings (SSSR count). The summed E-state index contributed by atoms with van der Waals surface area (Å²) in [6, 6.07) is 5.24. The molecular formula is C12H9NO5. The van der Waals surface area contributed by atoms with E-state index in [-0.39, 0.29) is 23.1 Å². The van der Waals surface area contributed by atoms with Gasteiger partial charge >= 0.3 is 11.9 Å². The third-order valence-electron chi connectivity index (χ3n) is 2.47. The van der Waals surface area contributed by atoms with Crippen LogP contribution in [0.1, 0.15) is 16.1 Å². The Balaban J connectivity index is 2.62. The van der Waals surface area contributed by atoms with Crippen LogP contribution < -0.4 is 5.43 Å². The monoisotopic (exact) mass is 247 g/mol. The van der Waals surface area contributed by atoms with E-state index in [0.29, 0.717) is 5.52 Å². The molecule has 0 atom stereocenters. The largest absolute Gasteiger partial charge is 0.481 e. The maximum Gasteiger partial charge on any atom is 0.335 e. The molecule has 0 spiro atoms. The molecule has 6 nitrogen and oxygen atoms in total. The lowest BCUT2D eigenvalue weighted by molar-refractivity contribution is -0.136. The Kier molecular flexibility index (Phi) is 2.85. The minimum atomic E-state index is -1.12. The smallest absolute Gasteiger partial charge is 0.335 e. The molecule has 3 N–H and O–H groups in total. The first kappa shape index (κ1) is 11.8. The van der Waals surface area contributed by atoms with Crippen LogP contribution in [-0.2, 0) is 11.2 Å². The molecule has 6 heteroatoms. The molecule has 2 aromatic rings. The van der Waals surface area contributed by atoms with Gasteiger partial charge in [-0.15, -0.1) is 0 Å². The summed E-state index contributed by atoms with van der Waals surface area (Å²) in [4.78, 5) is 35.9. The lowest BCUT2D eigenvalue weighted by atomic mass is 10.1. The standard InChI is InChI=1S/C12H9NO5/c14-10-4-7(5-11(15)16)13-9-2-1-6(12(17)18)3-8(9)10/h1-4H,5H2,(H,13,14)(H,15,16)(H,17,18). The fraction of sp³-hybridized carbons (Fsp3) is 0.0833. The Labute approximate surface area is 101 Å². The maximum atomic E-state index is 11.7. The summed E-state index contributed by atoms with van der Waals surface area (Å²) in [5.41, 5.74) is 0.314. The lowest BCUT2D eigenvalue weighted by Gasteiger charge is -2.03. The Morgan fingerprint density at radius 2 is 1.89 bits per heavy atom.